The third-order valence-electron chi connectivity index (χ3n) is 3.26. The van der Waals surface area contributed by atoms with Gasteiger partial charge in [-0.1, -0.05) is 12.1 Å². The lowest BCUT2D eigenvalue weighted by Gasteiger charge is -2.02. The number of carbonyl (C=O) groups excluding carboxylic acids is 3. The molecule has 6 nitrogen and oxygen atoms in total. The van der Waals surface area contributed by atoms with Crippen LogP contribution in [0.1, 0.15) is 44.9 Å². The first-order valence-corrected chi connectivity index (χ1v) is 9.91. The van der Waals surface area contributed by atoms with Gasteiger partial charge in [-0.2, -0.15) is 8.42 Å². The molecule has 2 aromatic rings. The lowest BCUT2D eigenvalue weighted by Crippen LogP contribution is -2.02. The van der Waals surface area contributed by atoms with Crippen molar-refractivity contribution >= 4 is 63.8 Å². The van der Waals surface area contributed by atoms with Gasteiger partial charge < -0.3 is 0 Å². The topological polar surface area (TPSA) is 106 Å². The Hall–Kier alpha value is -1.65. The normalized spacial score (nSPS) is 10.6. The standard InChI is InChI=1S/C9H7ClO2S.C8H8O4S2/c1-5(11)6-2-3-8(13)7(4-6)9(10)12;1-5(9)6-2-3-7(13)8(4-6)14(10,11)12/h2-4,13H,1H3;2-4,13H,1H3,(H,10,11,12). The van der Waals surface area contributed by atoms with Gasteiger partial charge in [0, 0.05) is 26.5 Å². The molecular formula is C17H15ClO6S3. The summed E-state index contributed by atoms with van der Waals surface area (Å²) in [4.78, 5) is 33.0. The van der Waals surface area contributed by atoms with Crippen LogP contribution in [0.15, 0.2) is 51.1 Å². The number of carbonyl (C=O) groups is 3. The molecule has 27 heavy (non-hydrogen) atoms. The van der Waals surface area contributed by atoms with Crippen molar-refractivity contribution < 1.29 is 27.4 Å². The van der Waals surface area contributed by atoms with E-state index in [9.17, 15) is 22.8 Å². The quantitative estimate of drug-likeness (QED) is 0.284. The minimum atomic E-state index is -4.32. The molecule has 0 amide bonds. The molecule has 0 spiro atoms. The van der Waals surface area contributed by atoms with E-state index in [1.807, 2.05) is 0 Å². The first-order chi connectivity index (χ1) is 12.3. The summed E-state index contributed by atoms with van der Waals surface area (Å²) in [5.41, 5.74) is 0.940. The number of Topliss-reactive ketones (excluding diaryl/α,β-unsaturated/α-hetero) is 2. The lowest BCUT2D eigenvalue weighted by molar-refractivity contribution is 0.100. The number of hydrogen-bond acceptors (Lipinski definition) is 7. The van der Waals surface area contributed by atoms with Crippen molar-refractivity contribution in [3.05, 3.63) is 53.1 Å². The summed E-state index contributed by atoms with van der Waals surface area (Å²) >= 11 is 13.2. The van der Waals surface area contributed by atoms with Crippen molar-refractivity contribution in [2.45, 2.75) is 28.5 Å². The van der Waals surface area contributed by atoms with E-state index in [4.69, 9.17) is 16.2 Å². The van der Waals surface area contributed by atoms with Crippen LogP contribution in [-0.2, 0) is 10.1 Å². The fourth-order valence-corrected chi connectivity index (χ4v) is 3.41. The number of hydrogen-bond donors (Lipinski definition) is 3. The highest BCUT2D eigenvalue weighted by molar-refractivity contribution is 7.87. The molecule has 0 atom stereocenters. The molecule has 1 N–H and O–H groups in total. The smallest absolute Gasteiger partial charge is 0.295 e. The monoisotopic (exact) mass is 446 g/mol. The summed E-state index contributed by atoms with van der Waals surface area (Å²) in [5.74, 6) is -0.379. The number of thiol groups is 2. The van der Waals surface area contributed by atoms with Gasteiger partial charge in [0.15, 0.2) is 11.6 Å². The van der Waals surface area contributed by atoms with E-state index >= 15 is 0 Å². The SMILES string of the molecule is CC(=O)c1ccc(S)c(C(=O)Cl)c1.CC(=O)c1ccc(S)c(S(=O)(=O)O)c1. The van der Waals surface area contributed by atoms with Crippen LogP contribution in [-0.4, -0.2) is 29.8 Å². The summed E-state index contributed by atoms with van der Waals surface area (Å²) in [6.45, 7) is 2.73. The molecule has 0 saturated heterocycles. The van der Waals surface area contributed by atoms with Crippen LogP contribution in [0.3, 0.4) is 0 Å². The zero-order valence-electron chi connectivity index (χ0n) is 14.1. The highest BCUT2D eigenvalue weighted by Gasteiger charge is 2.15. The molecule has 0 unspecified atom stereocenters. The summed E-state index contributed by atoms with van der Waals surface area (Å²) in [6.07, 6.45) is 0. The minimum Gasteiger partial charge on any atom is -0.295 e. The Morgan fingerprint density at radius 1 is 0.889 bits per heavy atom. The van der Waals surface area contributed by atoms with E-state index in [0.29, 0.717) is 10.5 Å². The van der Waals surface area contributed by atoms with Gasteiger partial charge in [0.2, 0.25) is 0 Å². The van der Waals surface area contributed by atoms with Crippen molar-refractivity contribution in [2.24, 2.45) is 0 Å². The molecule has 0 fully saturated rings. The largest absolute Gasteiger partial charge is 0.295 e. The summed E-state index contributed by atoms with van der Waals surface area (Å²) in [5, 5.41) is -0.604. The molecule has 2 aromatic carbocycles. The van der Waals surface area contributed by atoms with E-state index in [0.717, 1.165) is 6.07 Å². The van der Waals surface area contributed by atoms with Gasteiger partial charge >= 0.3 is 0 Å². The van der Waals surface area contributed by atoms with Gasteiger partial charge in [-0.15, -0.1) is 25.3 Å². The van der Waals surface area contributed by atoms with Gasteiger partial charge in [0.1, 0.15) is 4.90 Å². The molecule has 0 aliphatic heterocycles. The Balaban J connectivity index is 0.000000271. The van der Waals surface area contributed by atoms with Crippen molar-refractivity contribution in [1.29, 1.82) is 0 Å². The molecule has 144 valence electrons. The van der Waals surface area contributed by atoms with Crippen LogP contribution < -0.4 is 0 Å². The lowest BCUT2D eigenvalue weighted by atomic mass is 10.1. The predicted molar refractivity (Wildman–Crippen MR) is 107 cm³/mol. The molecule has 0 bridgehead atoms. The third kappa shape index (κ3) is 6.78. The highest BCUT2D eigenvalue weighted by Crippen LogP contribution is 2.21. The van der Waals surface area contributed by atoms with Crippen LogP contribution in [0.4, 0.5) is 0 Å². The van der Waals surface area contributed by atoms with E-state index in [1.165, 1.54) is 32.0 Å². The zero-order valence-corrected chi connectivity index (χ0v) is 17.5. The number of halogens is 1. The summed E-state index contributed by atoms with van der Waals surface area (Å²) in [7, 11) is -4.32. The summed E-state index contributed by atoms with van der Waals surface area (Å²) < 4.78 is 30.4. The molecule has 0 radical (unpaired) electrons. The number of benzene rings is 2. The Bertz CT molecular complexity index is 1020. The van der Waals surface area contributed by atoms with Gasteiger partial charge in [-0.05, 0) is 49.7 Å². The highest BCUT2D eigenvalue weighted by atomic mass is 35.5. The van der Waals surface area contributed by atoms with Crippen molar-refractivity contribution in [2.75, 3.05) is 0 Å². The fourth-order valence-electron chi connectivity index (χ4n) is 1.85. The maximum Gasteiger partial charge on any atom is 0.295 e. The van der Waals surface area contributed by atoms with Gasteiger partial charge in [0.25, 0.3) is 15.4 Å². The minimum absolute atomic E-state index is 0.104. The number of ketones is 2. The van der Waals surface area contributed by atoms with Crippen molar-refractivity contribution in [1.82, 2.24) is 0 Å². The molecule has 0 aliphatic rings. The average molecular weight is 447 g/mol. The van der Waals surface area contributed by atoms with E-state index in [1.54, 1.807) is 12.1 Å². The first kappa shape index (κ1) is 23.4. The molecule has 2 rings (SSSR count). The Morgan fingerprint density at radius 2 is 1.33 bits per heavy atom. The Kier molecular flexibility index (Phi) is 8.24. The van der Waals surface area contributed by atoms with Crippen LogP contribution >= 0.6 is 36.9 Å². The van der Waals surface area contributed by atoms with Crippen LogP contribution in [0.25, 0.3) is 0 Å². The van der Waals surface area contributed by atoms with E-state index in [-0.39, 0.29) is 32.5 Å². The van der Waals surface area contributed by atoms with Gasteiger partial charge in [-0.3, -0.25) is 18.9 Å². The van der Waals surface area contributed by atoms with Gasteiger partial charge in [-0.25, -0.2) is 0 Å². The van der Waals surface area contributed by atoms with Crippen molar-refractivity contribution in [3.8, 4) is 0 Å². The van der Waals surface area contributed by atoms with E-state index < -0.39 is 15.4 Å². The molecule has 0 saturated carbocycles. The second-order valence-corrected chi connectivity index (χ2v) is 7.97. The van der Waals surface area contributed by atoms with Crippen LogP contribution in [0.2, 0.25) is 0 Å². The van der Waals surface area contributed by atoms with E-state index in [2.05, 4.69) is 25.3 Å². The van der Waals surface area contributed by atoms with Crippen molar-refractivity contribution in [3.63, 3.8) is 0 Å². The van der Waals surface area contributed by atoms with Crippen LogP contribution in [0, 0.1) is 0 Å². The Morgan fingerprint density at radius 3 is 1.74 bits per heavy atom. The maximum atomic E-state index is 11.0. The number of rotatable bonds is 4. The second-order valence-electron chi connectivity index (χ2n) is 5.28. The zero-order chi connectivity index (χ0) is 20.9. The van der Waals surface area contributed by atoms with Gasteiger partial charge in [0.05, 0.1) is 0 Å². The molecule has 0 heterocycles. The molecular weight excluding hydrogens is 432 g/mol. The third-order valence-corrected chi connectivity index (χ3v) is 5.29. The fraction of sp³-hybridized carbons (Fsp3) is 0.118. The summed E-state index contributed by atoms with van der Waals surface area (Å²) in [6, 6.07) is 8.52. The maximum absolute atomic E-state index is 11.0. The average Bonchev–Trinajstić information content (AvgIpc) is 2.54. The molecule has 0 aliphatic carbocycles. The molecule has 10 heteroatoms. The van der Waals surface area contributed by atoms with Crippen LogP contribution in [0.5, 0.6) is 0 Å². The second kappa shape index (κ2) is 9.52. The Labute approximate surface area is 172 Å². The predicted octanol–water partition coefficient (Wildman–Crippen LogP) is 3.98. The molecule has 0 aromatic heterocycles. The first-order valence-electron chi connectivity index (χ1n) is 7.19.